The predicted molar refractivity (Wildman–Crippen MR) is 61.4 cm³/mol. The molecular weight excluding hydrogens is 220 g/mol. The minimum absolute atomic E-state index is 0.108. The summed E-state index contributed by atoms with van der Waals surface area (Å²) >= 11 is 0. The third-order valence-electron chi connectivity index (χ3n) is 2.44. The SMILES string of the molecule is COc1cccc(Cn2ncc(O)c2C=O)c1. The first-order valence-electron chi connectivity index (χ1n) is 5.07. The minimum Gasteiger partial charge on any atom is -0.504 e. The largest absolute Gasteiger partial charge is 0.504 e. The van der Waals surface area contributed by atoms with Gasteiger partial charge in [0.15, 0.2) is 12.0 Å². The van der Waals surface area contributed by atoms with E-state index in [0.717, 1.165) is 11.3 Å². The molecule has 1 aromatic carbocycles. The fraction of sp³-hybridized carbons (Fsp3) is 0.167. The molecule has 0 saturated heterocycles. The summed E-state index contributed by atoms with van der Waals surface area (Å²) in [7, 11) is 1.59. The van der Waals surface area contributed by atoms with Crippen LogP contribution in [0.5, 0.6) is 11.5 Å². The molecule has 0 atom stereocenters. The van der Waals surface area contributed by atoms with Crippen molar-refractivity contribution in [2.24, 2.45) is 0 Å². The van der Waals surface area contributed by atoms with Crippen LogP contribution in [-0.4, -0.2) is 28.3 Å². The molecule has 0 saturated carbocycles. The van der Waals surface area contributed by atoms with Gasteiger partial charge in [-0.1, -0.05) is 12.1 Å². The molecule has 2 aromatic rings. The highest BCUT2D eigenvalue weighted by atomic mass is 16.5. The zero-order valence-electron chi connectivity index (χ0n) is 9.33. The maximum absolute atomic E-state index is 10.8. The minimum atomic E-state index is -0.108. The van der Waals surface area contributed by atoms with Gasteiger partial charge in [0.05, 0.1) is 19.9 Å². The van der Waals surface area contributed by atoms with Crippen LogP contribution in [0.4, 0.5) is 0 Å². The summed E-state index contributed by atoms with van der Waals surface area (Å²) in [6.07, 6.45) is 1.84. The van der Waals surface area contributed by atoms with Gasteiger partial charge in [-0.05, 0) is 17.7 Å². The first-order valence-corrected chi connectivity index (χ1v) is 5.07. The summed E-state index contributed by atoms with van der Waals surface area (Å²) in [6, 6.07) is 7.45. The normalized spacial score (nSPS) is 10.2. The van der Waals surface area contributed by atoms with E-state index < -0.39 is 0 Å². The van der Waals surface area contributed by atoms with E-state index in [2.05, 4.69) is 5.10 Å². The van der Waals surface area contributed by atoms with Crippen LogP contribution >= 0.6 is 0 Å². The molecule has 5 nitrogen and oxygen atoms in total. The Balaban J connectivity index is 2.27. The highest BCUT2D eigenvalue weighted by molar-refractivity contribution is 5.76. The fourth-order valence-corrected chi connectivity index (χ4v) is 1.58. The first kappa shape index (κ1) is 11.2. The molecule has 0 aliphatic carbocycles. The number of hydrogen-bond donors (Lipinski definition) is 1. The number of hydrogen-bond acceptors (Lipinski definition) is 4. The summed E-state index contributed by atoms with van der Waals surface area (Å²) in [4.78, 5) is 10.8. The van der Waals surface area contributed by atoms with Crippen molar-refractivity contribution in [3.05, 3.63) is 41.7 Å². The van der Waals surface area contributed by atoms with Crippen molar-refractivity contribution in [3.63, 3.8) is 0 Å². The Kier molecular flexibility index (Phi) is 3.09. The van der Waals surface area contributed by atoms with Gasteiger partial charge >= 0.3 is 0 Å². The molecule has 0 spiro atoms. The molecule has 1 heterocycles. The third-order valence-corrected chi connectivity index (χ3v) is 2.44. The second kappa shape index (κ2) is 4.69. The third kappa shape index (κ3) is 2.28. The molecule has 2 rings (SSSR count). The van der Waals surface area contributed by atoms with Crippen LogP contribution in [0.25, 0.3) is 0 Å². The number of carbonyl (C=O) groups is 1. The zero-order chi connectivity index (χ0) is 12.3. The van der Waals surface area contributed by atoms with Crippen LogP contribution in [-0.2, 0) is 6.54 Å². The lowest BCUT2D eigenvalue weighted by Gasteiger charge is -2.05. The Morgan fingerprint density at radius 2 is 2.35 bits per heavy atom. The highest BCUT2D eigenvalue weighted by Gasteiger charge is 2.09. The summed E-state index contributed by atoms with van der Waals surface area (Å²) in [6.45, 7) is 0.409. The maximum Gasteiger partial charge on any atom is 0.171 e. The first-order chi connectivity index (χ1) is 8.24. The number of rotatable bonds is 4. The van der Waals surface area contributed by atoms with Crippen molar-refractivity contribution in [2.45, 2.75) is 6.54 Å². The quantitative estimate of drug-likeness (QED) is 0.810. The van der Waals surface area contributed by atoms with Crippen molar-refractivity contribution in [1.29, 1.82) is 0 Å². The Labute approximate surface area is 98.3 Å². The maximum atomic E-state index is 10.8. The van der Waals surface area contributed by atoms with Crippen LogP contribution in [0, 0.1) is 0 Å². The Hall–Kier alpha value is -2.30. The Bertz CT molecular complexity index is 534. The molecule has 17 heavy (non-hydrogen) atoms. The average Bonchev–Trinajstić information content (AvgIpc) is 2.70. The number of benzene rings is 1. The summed E-state index contributed by atoms with van der Waals surface area (Å²) < 4.78 is 6.55. The highest BCUT2D eigenvalue weighted by Crippen LogP contribution is 2.17. The van der Waals surface area contributed by atoms with E-state index in [1.165, 1.54) is 10.9 Å². The van der Waals surface area contributed by atoms with E-state index in [1.54, 1.807) is 7.11 Å². The number of aromatic nitrogens is 2. The number of nitrogens with zero attached hydrogens (tertiary/aromatic N) is 2. The Morgan fingerprint density at radius 3 is 3.06 bits per heavy atom. The summed E-state index contributed by atoms with van der Waals surface area (Å²) in [5, 5.41) is 13.3. The van der Waals surface area contributed by atoms with Crippen LogP contribution in [0.15, 0.2) is 30.5 Å². The second-order valence-electron chi connectivity index (χ2n) is 3.54. The molecule has 0 amide bonds. The van der Waals surface area contributed by atoms with E-state index in [1.807, 2.05) is 24.3 Å². The van der Waals surface area contributed by atoms with E-state index in [-0.39, 0.29) is 11.4 Å². The monoisotopic (exact) mass is 232 g/mol. The van der Waals surface area contributed by atoms with E-state index in [9.17, 15) is 9.90 Å². The standard InChI is InChI=1S/C12H12N2O3/c1-17-10-4-2-3-9(5-10)7-14-11(8-15)12(16)6-13-14/h2-6,8,16H,7H2,1H3. The Morgan fingerprint density at radius 1 is 1.53 bits per heavy atom. The van der Waals surface area contributed by atoms with Gasteiger partial charge in [-0.25, -0.2) is 0 Å². The summed E-state index contributed by atoms with van der Waals surface area (Å²) in [5.74, 6) is 0.634. The van der Waals surface area contributed by atoms with Crippen LogP contribution in [0.1, 0.15) is 16.1 Å². The van der Waals surface area contributed by atoms with Crippen molar-refractivity contribution >= 4 is 6.29 Å². The average molecular weight is 232 g/mol. The van der Waals surface area contributed by atoms with Crippen LogP contribution in [0.3, 0.4) is 0 Å². The van der Waals surface area contributed by atoms with Gasteiger partial charge in [-0.2, -0.15) is 5.10 Å². The van der Waals surface area contributed by atoms with Gasteiger partial charge in [-0.3, -0.25) is 9.48 Å². The number of carbonyl (C=O) groups excluding carboxylic acids is 1. The van der Waals surface area contributed by atoms with Crippen molar-refractivity contribution in [3.8, 4) is 11.5 Å². The lowest BCUT2D eigenvalue weighted by atomic mass is 10.2. The molecule has 0 fully saturated rings. The smallest absolute Gasteiger partial charge is 0.171 e. The topological polar surface area (TPSA) is 64.3 Å². The van der Waals surface area contributed by atoms with E-state index in [4.69, 9.17) is 4.74 Å². The number of aromatic hydroxyl groups is 1. The number of methoxy groups -OCH3 is 1. The number of ether oxygens (including phenoxy) is 1. The molecule has 0 aliphatic heterocycles. The molecular formula is C12H12N2O3. The van der Waals surface area contributed by atoms with E-state index in [0.29, 0.717) is 12.8 Å². The predicted octanol–water partition coefficient (Wildman–Crippen LogP) is 1.46. The molecule has 0 radical (unpaired) electrons. The van der Waals surface area contributed by atoms with Crippen molar-refractivity contribution < 1.29 is 14.6 Å². The van der Waals surface area contributed by atoms with Gasteiger partial charge in [0.1, 0.15) is 11.4 Å². The molecule has 88 valence electrons. The second-order valence-corrected chi connectivity index (χ2v) is 3.54. The fourth-order valence-electron chi connectivity index (χ4n) is 1.58. The van der Waals surface area contributed by atoms with Crippen molar-refractivity contribution in [2.75, 3.05) is 7.11 Å². The summed E-state index contributed by atoms with van der Waals surface area (Å²) in [5.41, 5.74) is 1.11. The van der Waals surface area contributed by atoms with Gasteiger partial charge in [-0.15, -0.1) is 0 Å². The van der Waals surface area contributed by atoms with Gasteiger partial charge in [0.2, 0.25) is 0 Å². The lowest BCUT2D eigenvalue weighted by molar-refractivity contribution is 0.111. The number of aldehydes is 1. The van der Waals surface area contributed by atoms with Crippen LogP contribution < -0.4 is 4.74 Å². The van der Waals surface area contributed by atoms with Crippen molar-refractivity contribution in [1.82, 2.24) is 9.78 Å². The molecule has 5 heteroatoms. The van der Waals surface area contributed by atoms with Gasteiger partial charge < -0.3 is 9.84 Å². The molecule has 1 aromatic heterocycles. The molecule has 0 aliphatic rings. The van der Waals surface area contributed by atoms with Crippen LogP contribution in [0.2, 0.25) is 0 Å². The molecule has 0 unspecified atom stereocenters. The molecule has 1 N–H and O–H groups in total. The van der Waals surface area contributed by atoms with E-state index >= 15 is 0 Å². The zero-order valence-corrected chi connectivity index (χ0v) is 9.33. The van der Waals surface area contributed by atoms with Gasteiger partial charge in [0.25, 0.3) is 0 Å². The van der Waals surface area contributed by atoms with Gasteiger partial charge in [0, 0.05) is 0 Å². The molecule has 0 bridgehead atoms. The lowest BCUT2D eigenvalue weighted by Crippen LogP contribution is -2.05.